The molecule has 2 aliphatic heterocycles. The standard InChI is InChI=1S/C30H44O10/c1-14-22(32)25(37-4)24(34)27(39-14)40-17-7-9-28(2)16(12-17)5-6-19-21(28)23(33)26(35)29(3)18(8-10-30(19,29)36)15-11-20(31)38-13-15/h11,14,16-19,21-22,24-27,32,34-36H,5-10,12-13H2,1-4H3/t14?,16?,17-,18?,19?,21?,22?,24?,25?,26?,27?,28-,29-,30-/m0/s1. The number of aliphatic hydroxyl groups excluding tert-OH is 3. The largest absolute Gasteiger partial charge is 0.458 e. The molecule has 10 unspecified atom stereocenters. The first-order chi connectivity index (χ1) is 18.9. The van der Waals surface area contributed by atoms with Crippen molar-refractivity contribution in [3.05, 3.63) is 11.6 Å². The van der Waals surface area contributed by atoms with Gasteiger partial charge in [-0.25, -0.2) is 4.79 Å². The van der Waals surface area contributed by atoms with E-state index in [2.05, 4.69) is 6.92 Å². The van der Waals surface area contributed by atoms with Gasteiger partial charge >= 0.3 is 5.97 Å². The van der Waals surface area contributed by atoms with E-state index < -0.39 is 65.1 Å². The van der Waals surface area contributed by atoms with Crippen molar-refractivity contribution in [3.8, 4) is 0 Å². The Hall–Kier alpha value is -1.40. The van der Waals surface area contributed by atoms with Gasteiger partial charge in [-0.2, -0.15) is 0 Å². The summed E-state index contributed by atoms with van der Waals surface area (Å²) in [5, 5.41) is 45.1. The quantitative estimate of drug-likeness (QED) is 0.290. The lowest BCUT2D eigenvalue weighted by Gasteiger charge is -2.64. The maximum Gasteiger partial charge on any atom is 0.331 e. The van der Waals surface area contributed by atoms with E-state index in [0.717, 1.165) is 12.0 Å². The van der Waals surface area contributed by atoms with Crippen LogP contribution in [0.1, 0.15) is 65.7 Å². The highest BCUT2D eigenvalue weighted by Gasteiger charge is 2.73. The Labute approximate surface area is 235 Å². The minimum absolute atomic E-state index is 0.138. The Morgan fingerprint density at radius 2 is 1.77 bits per heavy atom. The van der Waals surface area contributed by atoms with Crippen molar-refractivity contribution in [2.45, 2.75) is 114 Å². The van der Waals surface area contributed by atoms with Crippen LogP contribution in [0.5, 0.6) is 0 Å². The van der Waals surface area contributed by atoms with E-state index in [1.54, 1.807) is 6.92 Å². The van der Waals surface area contributed by atoms with Gasteiger partial charge in [0, 0.05) is 24.5 Å². The molecule has 4 aliphatic carbocycles. The Balaban J connectivity index is 1.22. The molecule has 0 aromatic rings. The lowest BCUT2D eigenvalue weighted by atomic mass is 9.42. The van der Waals surface area contributed by atoms with E-state index in [4.69, 9.17) is 18.9 Å². The van der Waals surface area contributed by atoms with Crippen molar-refractivity contribution in [2.75, 3.05) is 13.7 Å². The molecule has 10 nitrogen and oxygen atoms in total. The number of rotatable bonds is 4. The van der Waals surface area contributed by atoms with Gasteiger partial charge in [0.25, 0.3) is 0 Å². The number of cyclic esters (lactones) is 1. The molecule has 1 saturated heterocycles. The molecule has 2 heterocycles. The van der Waals surface area contributed by atoms with Crippen molar-refractivity contribution in [3.63, 3.8) is 0 Å². The molecule has 0 spiro atoms. The van der Waals surface area contributed by atoms with Gasteiger partial charge in [-0.15, -0.1) is 0 Å². The summed E-state index contributed by atoms with van der Waals surface area (Å²) < 4.78 is 22.5. The van der Waals surface area contributed by atoms with Crippen LogP contribution in [0.25, 0.3) is 0 Å². The van der Waals surface area contributed by atoms with Crippen LogP contribution in [0.15, 0.2) is 11.6 Å². The average molecular weight is 565 g/mol. The maximum atomic E-state index is 14.1. The number of esters is 1. The number of carbonyl (C=O) groups excluding carboxylic acids is 2. The second kappa shape index (κ2) is 9.82. The minimum atomic E-state index is -1.34. The van der Waals surface area contributed by atoms with Crippen LogP contribution < -0.4 is 0 Å². The summed E-state index contributed by atoms with van der Waals surface area (Å²) in [6.45, 7) is 5.82. The number of aliphatic hydroxyl groups is 4. The number of hydrogen-bond acceptors (Lipinski definition) is 10. The van der Waals surface area contributed by atoms with Gasteiger partial charge in [0.15, 0.2) is 12.1 Å². The molecule has 0 amide bonds. The molecule has 5 fully saturated rings. The second-order valence-electron chi connectivity index (χ2n) is 13.7. The zero-order valence-electron chi connectivity index (χ0n) is 23.8. The third kappa shape index (κ3) is 3.86. The second-order valence-corrected chi connectivity index (χ2v) is 13.7. The van der Waals surface area contributed by atoms with E-state index in [-0.39, 0.29) is 36.2 Å². The number of ether oxygens (including phenoxy) is 4. The van der Waals surface area contributed by atoms with Crippen molar-refractivity contribution < 1.29 is 49.0 Å². The predicted octanol–water partition coefficient (Wildman–Crippen LogP) is 1.26. The van der Waals surface area contributed by atoms with Gasteiger partial charge in [0.05, 0.1) is 17.8 Å². The van der Waals surface area contributed by atoms with Gasteiger partial charge in [0.2, 0.25) is 0 Å². The van der Waals surface area contributed by atoms with Crippen LogP contribution in [0.2, 0.25) is 0 Å². The molecule has 224 valence electrons. The van der Waals surface area contributed by atoms with Gasteiger partial charge in [-0.3, -0.25) is 4.79 Å². The first-order valence-electron chi connectivity index (χ1n) is 14.9. The highest BCUT2D eigenvalue weighted by molar-refractivity contribution is 5.90. The Kier molecular flexibility index (Phi) is 7.05. The Morgan fingerprint density at radius 1 is 1.02 bits per heavy atom. The highest BCUT2D eigenvalue weighted by atomic mass is 16.7. The number of Topliss-reactive ketones (excluding diaryl/α,β-unsaturated/α-hetero) is 1. The third-order valence-electron chi connectivity index (χ3n) is 12.2. The first kappa shape index (κ1) is 28.7. The number of fused-ring (bicyclic) bond motifs is 5. The minimum Gasteiger partial charge on any atom is -0.458 e. The van der Waals surface area contributed by atoms with E-state index in [0.29, 0.717) is 38.5 Å². The number of methoxy groups -OCH3 is 1. The fraction of sp³-hybridized carbons (Fsp3) is 0.867. The summed E-state index contributed by atoms with van der Waals surface area (Å²) in [7, 11) is 1.44. The topological polar surface area (TPSA) is 152 Å². The number of ketones is 1. The van der Waals surface area contributed by atoms with Crippen LogP contribution >= 0.6 is 0 Å². The van der Waals surface area contributed by atoms with Crippen molar-refractivity contribution in [2.24, 2.45) is 34.5 Å². The van der Waals surface area contributed by atoms with Crippen molar-refractivity contribution >= 4 is 11.8 Å². The van der Waals surface area contributed by atoms with Gasteiger partial charge < -0.3 is 39.4 Å². The van der Waals surface area contributed by atoms with Crippen LogP contribution in [0, 0.1) is 34.5 Å². The smallest absolute Gasteiger partial charge is 0.331 e. The molecule has 40 heavy (non-hydrogen) atoms. The van der Waals surface area contributed by atoms with Gasteiger partial charge in [0.1, 0.15) is 31.0 Å². The third-order valence-corrected chi connectivity index (χ3v) is 12.2. The molecular formula is C30H44O10. The molecule has 6 rings (SSSR count). The summed E-state index contributed by atoms with van der Waals surface area (Å²) in [6.07, 6.45) is 0.0981. The van der Waals surface area contributed by atoms with E-state index in [1.165, 1.54) is 13.2 Å². The van der Waals surface area contributed by atoms with Crippen LogP contribution in [0.4, 0.5) is 0 Å². The number of hydrogen-bond donors (Lipinski definition) is 4. The summed E-state index contributed by atoms with van der Waals surface area (Å²) in [5.41, 5.74) is -1.96. The number of carbonyl (C=O) groups is 2. The predicted molar refractivity (Wildman–Crippen MR) is 140 cm³/mol. The molecule has 0 aromatic carbocycles. The molecule has 14 atom stereocenters. The van der Waals surface area contributed by atoms with Gasteiger partial charge in [-0.1, -0.05) is 13.8 Å². The SMILES string of the molecule is COC1C(O)C(C)OC(O[C@H]2CC[C@@]3(C)C(CCC4C3C(=O)C(O)[C@]3(C)C(C5=CC(=O)OC5)CC[C@]43O)C2)C1O. The average Bonchev–Trinajstić information content (AvgIpc) is 3.47. The molecule has 4 N–H and O–H groups in total. The Bertz CT molecular complexity index is 1080. The van der Waals surface area contributed by atoms with Crippen LogP contribution in [-0.2, 0) is 28.5 Å². The lowest BCUT2D eigenvalue weighted by Crippen LogP contribution is -2.70. The van der Waals surface area contributed by atoms with Gasteiger partial charge in [-0.05, 0) is 80.6 Å². The summed E-state index contributed by atoms with van der Waals surface area (Å²) in [6, 6.07) is 0. The fourth-order valence-corrected chi connectivity index (χ4v) is 9.86. The lowest BCUT2D eigenvalue weighted by molar-refractivity contribution is -0.313. The van der Waals surface area contributed by atoms with E-state index in [9.17, 15) is 30.0 Å². The Morgan fingerprint density at radius 3 is 2.45 bits per heavy atom. The molecular weight excluding hydrogens is 520 g/mol. The maximum absolute atomic E-state index is 14.1. The normalized spacial score (nSPS) is 54.3. The van der Waals surface area contributed by atoms with Crippen molar-refractivity contribution in [1.29, 1.82) is 0 Å². The zero-order valence-corrected chi connectivity index (χ0v) is 23.8. The molecule has 4 saturated carbocycles. The fourth-order valence-electron chi connectivity index (χ4n) is 9.86. The van der Waals surface area contributed by atoms with Crippen LogP contribution in [0.3, 0.4) is 0 Å². The summed E-state index contributed by atoms with van der Waals surface area (Å²) >= 11 is 0. The highest BCUT2D eigenvalue weighted by Crippen LogP contribution is 2.69. The molecule has 0 bridgehead atoms. The van der Waals surface area contributed by atoms with Crippen molar-refractivity contribution in [1.82, 2.24) is 0 Å². The monoisotopic (exact) mass is 564 g/mol. The summed E-state index contributed by atoms with van der Waals surface area (Å²) in [4.78, 5) is 25.9. The molecule has 0 radical (unpaired) electrons. The first-order valence-corrected chi connectivity index (χ1v) is 14.9. The molecule has 6 aliphatic rings. The van der Waals surface area contributed by atoms with E-state index in [1.807, 2.05) is 6.92 Å². The van der Waals surface area contributed by atoms with E-state index >= 15 is 0 Å². The van der Waals surface area contributed by atoms with Crippen LogP contribution in [-0.4, -0.2) is 94.4 Å². The zero-order chi connectivity index (χ0) is 28.8. The molecule has 0 aromatic heterocycles. The molecule has 10 heteroatoms. The summed E-state index contributed by atoms with van der Waals surface area (Å²) in [5.74, 6) is -1.51.